The normalized spacial score (nSPS) is 22.8. The van der Waals surface area contributed by atoms with Gasteiger partial charge in [-0.3, -0.25) is 9.59 Å². The van der Waals surface area contributed by atoms with Gasteiger partial charge in [-0.15, -0.1) is 0 Å². The number of carbonyl (C=O) groups excluding carboxylic acids is 2. The molecule has 1 unspecified atom stereocenters. The van der Waals surface area contributed by atoms with Crippen molar-refractivity contribution in [3.05, 3.63) is 0 Å². The van der Waals surface area contributed by atoms with Gasteiger partial charge in [0.05, 0.1) is 0 Å². The molecule has 0 aromatic heterocycles. The Labute approximate surface area is 70.7 Å². The lowest BCUT2D eigenvalue weighted by Gasteiger charge is -2.21. The molecule has 68 valence electrons. The Hall–Kier alpha value is -1.10. The molecule has 1 aliphatic rings. The molecule has 0 aromatic carbocycles. The Bertz CT molecular complexity index is 205. The average molecular weight is 171 g/mol. The summed E-state index contributed by atoms with van der Waals surface area (Å²) in [5, 5.41) is 0. The van der Waals surface area contributed by atoms with Crippen LogP contribution in [0.4, 0.5) is 0 Å². The largest absolute Gasteiger partial charge is 0.361 e. The number of rotatable bonds is 1. The van der Waals surface area contributed by atoms with Gasteiger partial charge in [-0.25, -0.2) is 0 Å². The second-order valence-electron chi connectivity index (χ2n) is 2.89. The zero-order valence-corrected chi connectivity index (χ0v) is 6.82. The third kappa shape index (κ3) is 1.55. The van der Waals surface area contributed by atoms with Gasteiger partial charge in [-0.2, -0.15) is 0 Å². The Balaban J connectivity index is 2.61. The maximum absolute atomic E-state index is 11.1. The fraction of sp³-hybridized carbons (Fsp3) is 0.714. The molecule has 1 rings (SSSR count). The molecule has 0 radical (unpaired) electrons. The number of carbonyl (C=O) groups is 2. The number of likely N-dealkylation sites (tertiary alicyclic amines) is 1. The molecule has 1 atom stereocenters. The number of hydrogen-bond donors (Lipinski definition) is 2. The monoisotopic (exact) mass is 171 g/mol. The molecule has 0 saturated carbocycles. The lowest BCUT2D eigenvalue weighted by Crippen LogP contribution is -2.45. The lowest BCUT2D eigenvalue weighted by molar-refractivity contribution is -0.144. The summed E-state index contributed by atoms with van der Waals surface area (Å²) < 4.78 is 0. The summed E-state index contributed by atoms with van der Waals surface area (Å²) in [4.78, 5) is 23.1. The fourth-order valence-electron chi connectivity index (χ4n) is 1.49. The standard InChI is InChI=1S/C7H13N3O2/c8-4-5-2-1-3-10(5)7(12)6(9)11/h5H,1-4,8H2,(H2,9,11). The summed E-state index contributed by atoms with van der Waals surface area (Å²) in [6.45, 7) is 1.00. The van der Waals surface area contributed by atoms with Gasteiger partial charge >= 0.3 is 11.8 Å². The smallest absolute Gasteiger partial charge is 0.311 e. The summed E-state index contributed by atoms with van der Waals surface area (Å²) in [6, 6.07) is 0.00463. The molecular formula is C7H13N3O2. The highest BCUT2D eigenvalue weighted by molar-refractivity contribution is 6.34. The Kier molecular flexibility index (Phi) is 2.65. The van der Waals surface area contributed by atoms with Crippen molar-refractivity contribution in [3.8, 4) is 0 Å². The number of amides is 2. The van der Waals surface area contributed by atoms with Crippen LogP contribution in [-0.4, -0.2) is 35.8 Å². The summed E-state index contributed by atoms with van der Waals surface area (Å²) in [5.74, 6) is -1.50. The predicted octanol–water partition coefficient (Wildman–Crippen LogP) is -1.58. The average Bonchev–Trinajstić information content (AvgIpc) is 2.49. The first-order valence-corrected chi connectivity index (χ1v) is 3.97. The first kappa shape index (κ1) is 8.99. The van der Waals surface area contributed by atoms with E-state index in [1.165, 1.54) is 4.90 Å². The molecule has 1 aliphatic heterocycles. The van der Waals surface area contributed by atoms with Crippen LogP contribution in [0.5, 0.6) is 0 Å². The van der Waals surface area contributed by atoms with E-state index >= 15 is 0 Å². The second-order valence-corrected chi connectivity index (χ2v) is 2.89. The third-order valence-corrected chi connectivity index (χ3v) is 2.12. The van der Waals surface area contributed by atoms with Crippen molar-refractivity contribution in [2.75, 3.05) is 13.1 Å². The Morgan fingerprint density at radius 2 is 2.17 bits per heavy atom. The van der Waals surface area contributed by atoms with Gasteiger partial charge in [0.25, 0.3) is 0 Å². The van der Waals surface area contributed by atoms with Crippen LogP contribution in [0.2, 0.25) is 0 Å². The molecule has 5 heteroatoms. The molecule has 0 spiro atoms. The number of hydrogen-bond acceptors (Lipinski definition) is 3. The third-order valence-electron chi connectivity index (χ3n) is 2.12. The van der Waals surface area contributed by atoms with Crippen LogP contribution >= 0.6 is 0 Å². The van der Waals surface area contributed by atoms with Crippen LogP contribution in [0.15, 0.2) is 0 Å². The van der Waals surface area contributed by atoms with E-state index < -0.39 is 11.8 Å². The topological polar surface area (TPSA) is 89.4 Å². The van der Waals surface area contributed by atoms with Crippen molar-refractivity contribution in [2.24, 2.45) is 11.5 Å². The second kappa shape index (κ2) is 3.53. The van der Waals surface area contributed by atoms with Crippen molar-refractivity contribution in [2.45, 2.75) is 18.9 Å². The fourth-order valence-corrected chi connectivity index (χ4v) is 1.49. The van der Waals surface area contributed by atoms with Gasteiger partial charge in [-0.1, -0.05) is 0 Å². The quantitative estimate of drug-likeness (QED) is 0.467. The summed E-state index contributed by atoms with van der Waals surface area (Å²) in [6.07, 6.45) is 1.77. The summed E-state index contributed by atoms with van der Waals surface area (Å²) in [5.41, 5.74) is 10.3. The number of primary amides is 1. The van der Waals surface area contributed by atoms with Crippen molar-refractivity contribution in [1.82, 2.24) is 4.90 Å². The van der Waals surface area contributed by atoms with Gasteiger partial charge in [0, 0.05) is 19.1 Å². The van der Waals surface area contributed by atoms with Crippen LogP contribution in [0.3, 0.4) is 0 Å². The predicted molar refractivity (Wildman–Crippen MR) is 43.0 cm³/mol. The van der Waals surface area contributed by atoms with Gasteiger partial charge in [0.1, 0.15) is 0 Å². The minimum absolute atomic E-state index is 0.00463. The minimum atomic E-state index is -0.893. The van der Waals surface area contributed by atoms with E-state index in [0.29, 0.717) is 13.1 Å². The van der Waals surface area contributed by atoms with Crippen LogP contribution in [-0.2, 0) is 9.59 Å². The molecule has 2 amide bonds. The first-order valence-electron chi connectivity index (χ1n) is 3.97. The highest BCUT2D eigenvalue weighted by Crippen LogP contribution is 2.15. The Morgan fingerprint density at radius 3 is 2.67 bits per heavy atom. The van der Waals surface area contributed by atoms with Crippen molar-refractivity contribution in [1.29, 1.82) is 0 Å². The number of nitrogens with two attached hydrogens (primary N) is 2. The molecule has 0 aliphatic carbocycles. The van der Waals surface area contributed by atoms with Crippen molar-refractivity contribution >= 4 is 11.8 Å². The summed E-state index contributed by atoms with van der Waals surface area (Å²) >= 11 is 0. The van der Waals surface area contributed by atoms with E-state index in [1.54, 1.807) is 0 Å². The molecule has 1 saturated heterocycles. The maximum Gasteiger partial charge on any atom is 0.311 e. The van der Waals surface area contributed by atoms with Gasteiger partial charge < -0.3 is 16.4 Å². The van der Waals surface area contributed by atoms with Crippen LogP contribution < -0.4 is 11.5 Å². The number of nitrogens with zero attached hydrogens (tertiary/aromatic N) is 1. The van der Waals surface area contributed by atoms with E-state index in [1.807, 2.05) is 0 Å². The van der Waals surface area contributed by atoms with E-state index in [0.717, 1.165) is 12.8 Å². The van der Waals surface area contributed by atoms with Crippen LogP contribution in [0.1, 0.15) is 12.8 Å². The molecule has 0 bridgehead atoms. The SMILES string of the molecule is NCC1CCCN1C(=O)C(N)=O. The van der Waals surface area contributed by atoms with Gasteiger partial charge in [-0.05, 0) is 12.8 Å². The molecule has 4 N–H and O–H groups in total. The molecule has 5 nitrogen and oxygen atoms in total. The highest BCUT2D eigenvalue weighted by Gasteiger charge is 2.29. The molecular weight excluding hydrogens is 158 g/mol. The van der Waals surface area contributed by atoms with Gasteiger partial charge in [0.15, 0.2) is 0 Å². The van der Waals surface area contributed by atoms with E-state index in [-0.39, 0.29) is 6.04 Å². The molecule has 0 aromatic rings. The summed E-state index contributed by atoms with van der Waals surface area (Å²) in [7, 11) is 0. The van der Waals surface area contributed by atoms with E-state index in [4.69, 9.17) is 11.5 Å². The van der Waals surface area contributed by atoms with Crippen molar-refractivity contribution in [3.63, 3.8) is 0 Å². The molecule has 12 heavy (non-hydrogen) atoms. The van der Waals surface area contributed by atoms with E-state index in [9.17, 15) is 9.59 Å². The lowest BCUT2D eigenvalue weighted by atomic mass is 10.2. The first-order chi connectivity index (χ1) is 5.66. The highest BCUT2D eigenvalue weighted by atomic mass is 16.2. The molecule has 1 heterocycles. The van der Waals surface area contributed by atoms with E-state index in [2.05, 4.69) is 0 Å². The minimum Gasteiger partial charge on any atom is -0.361 e. The maximum atomic E-state index is 11.1. The molecule has 1 fully saturated rings. The van der Waals surface area contributed by atoms with Crippen LogP contribution in [0, 0.1) is 0 Å². The van der Waals surface area contributed by atoms with Gasteiger partial charge in [0.2, 0.25) is 0 Å². The zero-order chi connectivity index (χ0) is 9.14. The zero-order valence-electron chi connectivity index (χ0n) is 6.82. The van der Waals surface area contributed by atoms with Crippen molar-refractivity contribution < 1.29 is 9.59 Å². The Morgan fingerprint density at radius 1 is 1.50 bits per heavy atom. The van der Waals surface area contributed by atoms with Crippen LogP contribution in [0.25, 0.3) is 0 Å².